The van der Waals surface area contributed by atoms with Crippen molar-refractivity contribution in [1.82, 2.24) is 0 Å². The van der Waals surface area contributed by atoms with E-state index in [-0.39, 0.29) is 0 Å². The van der Waals surface area contributed by atoms with Crippen LogP contribution in [0.4, 0.5) is 0 Å². The molecule has 0 amide bonds. The third kappa shape index (κ3) is 1.38. The van der Waals surface area contributed by atoms with E-state index in [4.69, 9.17) is 0 Å². The highest BCUT2D eigenvalue weighted by molar-refractivity contribution is 5.91. The molecule has 0 radical (unpaired) electrons. The van der Waals surface area contributed by atoms with Gasteiger partial charge in [-0.1, -0.05) is 35.4 Å². The van der Waals surface area contributed by atoms with Gasteiger partial charge in [0, 0.05) is 0 Å². The van der Waals surface area contributed by atoms with E-state index in [0.717, 1.165) is 12.8 Å². The van der Waals surface area contributed by atoms with Crippen molar-refractivity contribution < 1.29 is 0 Å². The fourth-order valence-corrected chi connectivity index (χ4v) is 3.29. The average molecular weight is 232 g/mol. The van der Waals surface area contributed by atoms with Gasteiger partial charge in [-0.2, -0.15) is 0 Å². The molecule has 0 bridgehead atoms. The molecule has 88 valence electrons. The lowest BCUT2D eigenvalue weighted by Gasteiger charge is -2.06. The summed E-state index contributed by atoms with van der Waals surface area (Å²) < 4.78 is 0. The van der Waals surface area contributed by atoms with Crippen LogP contribution in [0.1, 0.15) is 36.1 Å². The molecule has 0 aliphatic heterocycles. The first kappa shape index (κ1) is 10.1. The fourth-order valence-electron chi connectivity index (χ4n) is 3.29. The smallest absolute Gasteiger partial charge is 0.00604 e. The topological polar surface area (TPSA) is 0 Å². The Morgan fingerprint density at radius 2 is 1.11 bits per heavy atom. The number of fused-ring (bicyclic) bond motifs is 3. The van der Waals surface area contributed by atoms with Crippen molar-refractivity contribution in [1.29, 1.82) is 0 Å². The van der Waals surface area contributed by atoms with Crippen molar-refractivity contribution in [2.75, 3.05) is 0 Å². The van der Waals surface area contributed by atoms with Crippen LogP contribution in [0.2, 0.25) is 0 Å². The van der Waals surface area contributed by atoms with E-state index < -0.39 is 0 Å². The quantitative estimate of drug-likeness (QED) is 0.614. The van der Waals surface area contributed by atoms with Gasteiger partial charge in [-0.3, -0.25) is 0 Å². The van der Waals surface area contributed by atoms with Crippen LogP contribution in [0.15, 0.2) is 35.4 Å². The van der Waals surface area contributed by atoms with Gasteiger partial charge >= 0.3 is 0 Å². The molecule has 0 N–H and O–H groups in total. The van der Waals surface area contributed by atoms with Gasteiger partial charge in [0.25, 0.3) is 0 Å². The first-order chi connectivity index (χ1) is 8.69. The normalized spacial score (nSPS) is 16.6. The third-order valence-electron chi connectivity index (χ3n) is 4.10. The highest BCUT2D eigenvalue weighted by atomic mass is 14.2. The lowest BCUT2D eigenvalue weighted by molar-refractivity contribution is 1.19. The zero-order valence-electron chi connectivity index (χ0n) is 10.9. The summed E-state index contributed by atoms with van der Waals surface area (Å²) >= 11 is 0. The molecule has 2 aliphatic carbocycles. The number of hydrogen-bond donors (Lipinski definition) is 0. The van der Waals surface area contributed by atoms with Gasteiger partial charge in [0.15, 0.2) is 0 Å². The van der Waals surface area contributed by atoms with Gasteiger partial charge in [-0.05, 0) is 71.8 Å². The maximum absolute atomic E-state index is 2.38. The van der Waals surface area contributed by atoms with Crippen LogP contribution < -0.4 is 0 Å². The molecule has 2 aromatic rings. The summed E-state index contributed by atoms with van der Waals surface area (Å²) in [5.74, 6) is 0. The maximum Gasteiger partial charge on any atom is -0.00604 e. The second kappa shape index (κ2) is 3.35. The Balaban J connectivity index is 1.98. The van der Waals surface area contributed by atoms with E-state index in [9.17, 15) is 0 Å². The zero-order chi connectivity index (χ0) is 12.3. The number of benzene rings is 2. The standard InChI is InChI=1S/C18H16/c1-11-3-13-7-17-9-15-5-12(2)6-16(15)10-18(17)8-14(13)4-11/h3,5,7-10H,4,6H2,1-2H3. The summed E-state index contributed by atoms with van der Waals surface area (Å²) in [6, 6.07) is 9.46. The van der Waals surface area contributed by atoms with Gasteiger partial charge in [-0.15, -0.1) is 0 Å². The molecule has 2 aromatic carbocycles. The number of allylic oxidation sites excluding steroid dienone is 2. The lowest BCUT2D eigenvalue weighted by Crippen LogP contribution is -1.87. The van der Waals surface area contributed by atoms with E-state index in [1.54, 1.807) is 0 Å². The summed E-state index contributed by atoms with van der Waals surface area (Å²) in [5, 5.41) is 2.78. The molecule has 4 rings (SSSR count). The third-order valence-corrected chi connectivity index (χ3v) is 4.10. The molecule has 0 spiro atoms. The first-order valence-electron chi connectivity index (χ1n) is 6.63. The van der Waals surface area contributed by atoms with Crippen LogP contribution >= 0.6 is 0 Å². The average Bonchev–Trinajstić information content (AvgIpc) is 2.82. The Morgan fingerprint density at radius 3 is 1.61 bits per heavy atom. The summed E-state index contributed by atoms with van der Waals surface area (Å²) in [7, 11) is 0. The minimum Gasteiger partial charge on any atom is -0.0683 e. The Bertz CT molecular complexity index is 681. The Hall–Kier alpha value is -1.82. The monoisotopic (exact) mass is 232 g/mol. The van der Waals surface area contributed by atoms with Crippen molar-refractivity contribution in [2.24, 2.45) is 0 Å². The zero-order valence-corrected chi connectivity index (χ0v) is 10.9. The predicted octanol–water partition coefficient (Wildman–Crippen LogP) is 4.76. The van der Waals surface area contributed by atoms with Crippen LogP contribution in [0.25, 0.3) is 22.9 Å². The molecular formula is C18H16. The molecule has 2 aliphatic rings. The SMILES string of the molecule is CC1=Cc2cc3cc4c(cc3cc2C1)CC(C)=C4. The Morgan fingerprint density at radius 1 is 0.667 bits per heavy atom. The molecule has 0 heterocycles. The van der Waals surface area contributed by atoms with Crippen molar-refractivity contribution in [3.8, 4) is 0 Å². The van der Waals surface area contributed by atoms with Gasteiger partial charge < -0.3 is 0 Å². The molecular weight excluding hydrogens is 216 g/mol. The van der Waals surface area contributed by atoms with E-state index >= 15 is 0 Å². The molecule has 0 heteroatoms. The molecule has 0 unspecified atom stereocenters. The molecule has 0 nitrogen and oxygen atoms in total. The summed E-state index contributed by atoms with van der Waals surface area (Å²) in [4.78, 5) is 0. The van der Waals surface area contributed by atoms with Crippen LogP contribution in [-0.2, 0) is 12.8 Å². The summed E-state index contributed by atoms with van der Waals surface area (Å²) in [5.41, 5.74) is 8.76. The Labute approximate surface area is 108 Å². The van der Waals surface area contributed by atoms with Crippen LogP contribution in [0.5, 0.6) is 0 Å². The lowest BCUT2D eigenvalue weighted by atomic mass is 9.98. The van der Waals surface area contributed by atoms with Crippen LogP contribution in [-0.4, -0.2) is 0 Å². The van der Waals surface area contributed by atoms with Gasteiger partial charge in [0.1, 0.15) is 0 Å². The van der Waals surface area contributed by atoms with Gasteiger partial charge in [0.05, 0.1) is 0 Å². The van der Waals surface area contributed by atoms with Gasteiger partial charge in [-0.25, -0.2) is 0 Å². The van der Waals surface area contributed by atoms with Crippen molar-refractivity contribution in [3.05, 3.63) is 57.7 Å². The molecule has 18 heavy (non-hydrogen) atoms. The highest BCUT2D eigenvalue weighted by Crippen LogP contribution is 2.33. The minimum atomic E-state index is 1.12. The minimum absolute atomic E-state index is 1.12. The second-order valence-corrected chi connectivity index (χ2v) is 5.78. The van der Waals surface area contributed by atoms with Crippen molar-refractivity contribution >= 4 is 22.9 Å². The van der Waals surface area contributed by atoms with E-state index in [1.807, 2.05) is 0 Å². The molecule has 0 fully saturated rings. The molecule has 0 saturated carbocycles. The summed E-state index contributed by atoms with van der Waals surface area (Å²) in [6.07, 6.45) is 6.89. The van der Waals surface area contributed by atoms with Crippen LogP contribution in [0.3, 0.4) is 0 Å². The second-order valence-electron chi connectivity index (χ2n) is 5.78. The summed E-state index contributed by atoms with van der Waals surface area (Å²) in [6.45, 7) is 4.44. The largest absolute Gasteiger partial charge is 0.0683 e. The van der Waals surface area contributed by atoms with Crippen LogP contribution in [0, 0.1) is 0 Å². The van der Waals surface area contributed by atoms with E-state index in [2.05, 4.69) is 50.3 Å². The highest BCUT2D eigenvalue weighted by Gasteiger charge is 2.14. The maximum atomic E-state index is 2.38. The predicted molar refractivity (Wildman–Crippen MR) is 78.7 cm³/mol. The van der Waals surface area contributed by atoms with Crippen molar-refractivity contribution in [3.63, 3.8) is 0 Å². The van der Waals surface area contributed by atoms with E-state index in [1.165, 1.54) is 44.2 Å². The molecule has 0 saturated heterocycles. The first-order valence-corrected chi connectivity index (χ1v) is 6.63. The van der Waals surface area contributed by atoms with Crippen molar-refractivity contribution in [2.45, 2.75) is 26.7 Å². The fraction of sp³-hybridized carbons (Fsp3) is 0.222. The molecule has 0 atom stereocenters. The molecule has 0 aromatic heterocycles. The van der Waals surface area contributed by atoms with Gasteiger partial charge in [0.2, 0.25) is 0 Å². The van der Waals surface area contributed by atoms with E-state index in [0.29, 0.717) is 0 Å². The number of hydrogen-bond acceptors (Lipinski definition) is 0. The Kier molecular flexibility index (Phi) is 1.89. The number of rotatable bonds is 0.